The van der Waals surface area contributed by atoms with Crippen molar-refractivity contribution in [2.24, 2.45) is 0 Å². The van der Waals surface area contributed by atoms with E-state index in [1.807, 2.05) is 30.2 Å². The van der Waals surface area contributed by atoms with Gasteiger partial charge in [0.2, 0.25) is 0 Å². The lowest BCUT2D eigenvalue weighted by Gasteiger charge is -2.29. The normalized spacial score (nSPS) is 13.6. The molecule has 0 atom stereocenters. The molecule has 1 aromatic carbocycles. The minimum absolute atomic E-state index is 0.0404. The van der Waals surface area contributed by atoms with Gasteiger partial charge >= 0.3 is 6.03 Å². The highest BCUT2D eigenvalue weighted by Crippen LogP contribution is 2.27. The van der Waals surface area contributed by atoms with Gasteiger partial charge in [0.05, 0.1) is 13.7 Å². The summed E-state index contributed by atoms with van der Waals surface area (Å²) in [6.45, 7) is 3.82. The molecule has 0 unspecified atom stereocenters. The number of ether oxygens (including phenoxy) is 1. The SMILES string of the molecule is COc1cccc2c1CCN(C(=O)NCc1ncc(C)s1)C2. The smallest absolute Gasteiger partial charge is 0.318 e. The average Bonchev–Trinajstić information content (AvgIpc) is 2.97. The molecular weight excluding hydrogens is 298 g/mol. The Morgan fingerprint density at radius 1 is 1.50 bits per heavy atom. The fourth-order valence-electron chi connectivity index (χ4n) is 2.69. The van der Waals surface area contributed by atoms with Crippen LogP contribution >= 0.6 is 11.3 Å². The molecule has 2 aromatic rings. The summed E-state index contributed by atoms with van der Waals surface area (Å²) in [7, 11) is 1.69. The van der Waals surface area contributed by atoms with E-state index < -0.39 is 0 Å². The number of carbonyl (C=O) groups excluding carboxylic acids is 1. The van der Waals surface area contributed by atoms with Crippen LogP contribution in [0, 0.1) is 6.92 Å². The summed E-state index contributed by atoms with van der Waals surface area (Å²) < 4.78 is 5.39. The van der Waals surface area contributed by atoms with Crippen molar-refractivity contribution in [1.29, 1.82) is 0 Å². The number of nitrogens with one attached hydrogen (secondary N) is 1. The lowest BCUT2D eigenvalue weighted by Crippen LogP contribution is -2.42. The van der Waals surface area contributed by atoms with Crippen LogP contribution in [0.5, 0.6) is 5.75 Å². The van der Waals surface area contributed by atoms with Crippen LogP contribution in [-0.2, 0) is 19.5 Å². The summed E-state index contributed by atoms with van der Waals surface area (Å²) in [5.41, 5.74) is 2.37. The maximum absolute atomic E-state index is 12.3. The van der Waals surface area contributed by atoms with Crippen molar-refractivity contribution in [3.05, 3.63) is 45.4 Å². The van der Waals surface area contributed by atoms with Crippen molar-refractivity contribution in [3.8, 4) is 5.75 Å². The van der Waals surface area contributed by atoms with Crippen molar-refractivity contribution in [2.75, 3.05) is 13.7 Å². The van der Waals surface area contributed by atoms with Crippen LogP contribution in [0.4, 0.5) is 4.79 Å². The zero-order valence-corrected chi connectivity index (χ0v) is 13.6. The molecule has 0 saturated heterocycles. The maximum Gasteiger partial charge on any atom is 0.318 e. The molecular formula is C16H19N3O2S. The molecule has 5 nitrogen and oxygen atoms in total. The minimum Gasteiger partial charge on any atom is -0.496 e. The fourth-order valence-corrected chi connectivity index (χ4v) is 3.41. The number of hydrogen-bond donors (Lipinski definition) is 1. The molecule has 2 heterocycles. The number of urea groups is 1. The standard InChI is InChI=1S/C16H19N3O2S/c1-11-8-17-15(22-11)9-18-16(20)19-7-6-13-12(10-19)4-3-5-14(13)21-2/h3-5,8H,6-7,9-10H2,1-2H3,(H,18,20). The first-order valence-corrected chi connectivity index (χ1v) is 8.08. The quantitative estimate of drug-likeness (QED) is 0.947. The van der Waals surface area contributed by atoms with E-state index >= 15 is 0 Å². The number of methoxy groups -OCH3 is 1. The Labute approximate surface area is 133 Å². The van der Waals surface area contributed by atoms with Crippen LogP contribution in [-0.4, -0.2) is 29.6 Å². The van der Waals surface area contributed by atoms with Gasteiger partial charge in [0.15, 0.2) is 0 Å². The van der Waals surface area contributed by atoms with E-state index in [0.29, 0.717) is 19.6 Å². The van der Waals surface area contributed by atoms with E-state index in [1.54, 1.807) is 18.4 Å². The Hall–Kier alpha value is -2.08. The number of aromatic nitrogens is 1. The summed E-state index contributed by atoms with van der Waals surface area (Å²) in [4.78, 5) is 19.6. The van der Waals surface area contributed by atoms with Crippen LogP contribution < -0.4 is 10.1 Å². The molecule has 0 fully saturated rings. The van der Waals surface area contributed by atoms with E-state index in [-0.39, 0.29) is 6.03 Å². The minimum atomic E-state index is -0.0404. The second-order valence-corrected chi connectivity index (χ2v) is 6.61. The van der Waals surface area contributed by atoms with Crippen LogP contribution in [0.25, 0.3) is 0 Å². The summed E-state index contributed by atoms with van der Waals surface area (Å²) in [6, 6.07) is 5.96. The number of hydrogen-bond acceptors (Lipinski definition) is 4. The maximum atomic E-state index is 12.3. The van der Waals surface area contributed by atoms with Gasteiger partial charge in [0, 0.05) is 29.7 Å². The number of thiazole rings is 1. The second kappa shape index (κ2) is 6.36. The first kappa shape index (κ1) is 14.8. The second-order valence-electron chi connectivity index (χ2n) is 5.29. The molecule has 0 bridgehead atoms. The lowest BCUT2D eigenvalue weighted by molar-refractivity contribution is 0.191. The van der Waals surface area contributed by atoms with Gasteiger partial charge < -0.3 is 15.0 Å². The van der Waals surface area contributed by atoms with Gasteiger partial charge in [-0.1, -0.05) is 12.1 Å². The molecule has 116 valence electrons. The van der Waals surface area contributed by atoms with Gasteiger partial charge in [-0.2, -0.15) is 0 Å². The average molecular weight is 317 g/mol. The van der Waals surface area contributed by atoms with Gasteiger partial charge in [-0.15, -0.1) is 11.3 Å². The largest absolute Gasteiger partial charge is 0.496 e. The fraction of sp³-hybridized carbons (Fsp3) is 0.375. The summed E-state index contributed by atoms with van der Waals surface area (Å²) in [6.07, 6.45) is 2.65. The highest BCUT2D eigenvalue weighted by Gasteiger charge is 2.22. The molecule has 3 rings (SSSR count). The van der Waals surface area contributed by atoms with E-state index in [2.05, 4.69) is 16.4 Å². The van der Waals surface area contributed by atoms with Crippen molar-refractivity contribution in [1.82, 2.24) is 15.2 Å². The van der Waals surface area contributed by atoms with Crippen LogP contribution in [0.1, 0.15) is 21.0 Å². The number of rotatable bonds is 3. The molecule has 0 spiro atoms. The van der Waals surface area contributed by atoms with E-state index in [1.165, 1.54) is 5.56 Å². The Kier molecular flexibility index (Phi) is 4.29. The molecule has 0 radical (unpaired) electrons. The number of fused-ring (bicyclic) bond motifs is 1. The van der Waals surface area contributed by atoms with Crippen LogP contribution in [0.2, 0.25) is 0 Å². The van der Waals surface area contributed by atoms with Crippen molar-refractivity contribution in [2.45, 2.75) is 26.4 Å². The molecule has 1 N–H and O–H groups in total. The number of carbonyl (C=O) groups is 1. The van der Waals surface area contributed by atoms with E-state index in [9.17, 15) is 4.79 Å². The number of benzene rings is 1. The molecule has 1 aliphatic heterocycles. The Bertz CT molecular complexity index is 684. The van der Waals surface area contributed by atoms with Gasteiger partial charge in [0.25, 0.3) is 0 Å². The van der Waals surface area contributed by atoms with E-state index in [4.69, 9.17) is 4.74 Å². The van der Waals surface area contributed by atoms with Gasteiger partial charge in [-0.3, -0.25) is 0 Å². The molecule has 6 heteroatoms. The van der Waals surface area contributed by atoms with Crippen molar-refractivity contribution in [3.63, 3.8) is 0 Å². The van der Waals surface area contributed by atoms with Crippen molar-refractivity contribution < 1.29 is 9.53 Å². The van der Waals surface area contributed by atoms with Gasteiger partial charge in [0.1, 0.15) is 10.8 Å². The van der Waals surface area contributed by atoms with Crippen LogP contribution in [0.15, 0.2) is 24.4 Å². The zero-order valence-electron chi connectivity index (χ0n) is 12.8. The molecule has 1 aliphatic rings. The number of aryl methyl sites for hydroxylation is 1. The first-order valence-electron chi connectivity index (χ1n) is 7.26. The number of nitrogens with zero attached hydrogens (tertiary/aromatic N) is 2. The molecule has 1 aromatic heterocycles. The zero-order chi connectivity index (χ0) is 15.5. The van der Waals surface area contributed by atoms with Crippen LogP contribution in [0.3, 0.4) is 0 Å². The predicted molar refractivity (Wildman–Crippen MR) is 86.2 cm³/mol. The Morgan fingerprint density at radius 2 is 2.36 bits per heavy atom. The third kappa shape index (κ3) is 3.06. The lowest BCUT2D eigenvalue weighted by atomic mass is 9.99. The van der Waals surface area contributed by atoms with E-state index in [0.717, 1.165) is 27.6 Å². The summed E-state index contributed by atoms with van der Waals surface area (Å²) in [5, 5.41) is 3.88. The summed E-state index contributed by atoms with van der Waals surface area (Å²) >= 11 is 1.61. The highest BCUT2D eigenvalue weighted by molar-refractivity contribution is 7.11. The third-order valence-corrected chi connectivity index (χ3v) is 4.70. The number of amides is 2. The van der Waals surface area contributed by atoms with Gasteiger partial charge in [-0.25, -0.2) is 9.78 Å². The first-order chi connectivity index (χ1) is 10.7. The third-order valence-electron chi connectivity index (χ3n) is 3.79. The molecule has 0 aliphatic carbocycles. The van der Waals surface area contributed by atoms with Crippen molar-refractivity contribution >= 4 is 17.4 Å². The Balaban J connectivity index is 1.63. The summed E-state index contributed by atoms with van der Waals surface area (Å²) in [5.74, 6) is 0.913. The topological polar surface area (TPSA) is 54.5 Å². The predicted octanol–water partition coefficient (Wildman–Crippen LogP) is 2.73. The monoisotopic (exact) mass is 317 g/mol. The molecule has 22 heavy (non-hydrogen) atoms. The highest BCUT2D eigenvalue weighted by atomic mass is 32.1. The molecule has 2 amide bonds. The Morgan fingerprint density at radius 3 is 3.09 bits per heavy atom. The van der Waals surface area contributed by atoms with Gasteiger partial charge in [-0.05, 0) is 25.0 Å². The molecule has 0 saturated carbocycles.